The Balaban J connectivity index is 3.14. The van der Waals surface area contributed by atoms with E-state index in [1.165, 1.54) is 5.56 Å². The van der Waals surface area contributed by atoms with Crippen LogP contribution in [0, 0.1) is 0 Å². The van der Waals surface area contributed by atoms with Crippen molar-refractivity contribution in [1.29, 1.82) is 0 Å². The van der Waals surface area contributed by atoms with E-state index >= 15 is 0 Å². The molecule has 0 saturated heterocycles. The molecule has 0 fully saturated rings. The predicted molar refractivity (Wildman–Crippen MR) is 64.2 cm³/mol. The molecular formula is C12H20N2. The summed E-state index contributed by atoms with van der Waals surface area (Å²) in [5.74, 6) is 0. The first-order valence-corrected chi connectivity index (χ1v) is 4.99. The largest absolute Gasteiger partial charge is 0.386 e. The maximum Gasteiger partial charge on any atom is 0.0576 e. The van der Waals surface area contributed by atoms with Crippen molar-refractivity contribution in [2.45, 2.75) is 26.2 Å². The molecule has 0 atom stereocenters. The second-order valence-corrected chi connectivity index (χ2v) is 4.51. The van der Waals surface area contributed by atoms with Crippen LogP contribution in [-0.2, 0) is 5.41 Å². The zero-order valence-corrected chi connectivity index (χ0v) is 9.73. The highest BCUT2D eigenvalue weighted by atomic mass is 14.9. The molecule has 0 saturated carbocycles. The van der Waals surface area contributed by atoms with Gasteiger partial charge in [0.1, 0.15) is 0 Å². The van der Waals surface area contributed by atoms with Gasteiger partial charge >= 0.3 is 0 Å². The summed E-state index contributed by atoms with van der Waals surface area (Å²) in [4.78, 5) is 0. The molecule has 0 amide bonds. The Hall–Kier alpha value is -1.18. The smallest absolute Gasteiger partial charge is 0.0576 e. The van der Waals surface area contributed by atoms with Gasteiger partial charge in [0.05, 0.1) is 11.4 Å². The molecule has 0 unspecified atom stereocenters. The van der Waals surface area contributed by atoms with E-state index in [0.717, 1.165) is 11.4 Å². The Morgan fingerprint density at radius 1 is 0.929 bits per heavy atom. The second-order valence-electron chi connectivity index (χ2n) is 4.51. The van der Waals surface area contributed by atoms with E-state index in [-0.39, 0.29) is 5.41 Å². The van der Waals surface area contributed by atoms with Crippen LogP contribution in [0.1, 0.15) is 26.3 Å². The van der Waals surface area contributed by atoms with Crippen molar-refractivity contribution in [2.24, 2.45) is 0 Å². The van der Waals surface area contributed by atoms with Gasteiger partial charge in [-0.1, -0.05) is 26.8 Å². The number of nitrogens with one attached hydrogen (secondary N) is 2. The van der Waals surface area contributed by atoms with Crippen molar-refractivity contribution in [3.8, 4) is 0 Å². The number of anilines is 2. The molecule has 0 spiro atoms. The van der Waals surface area contributed by atoms with E-state index in [1.54, 1.807) is 0 Å². The van der Waals surface area contributed by atoms with Crippen LogP contribution in [0.5, 0.6) is 0 Å². The van der Waals surface area contributed by atoms with Crippen molar-refractivity contribution < 1.29 is 0 Å². The van der Waals surface area contributed by atoms with Crippen LogP contribution in [0.25, 0.3) is 0 Å². The SMILES string of the molecule is CNc1ccc(C(C)(C)C)cc1NC. The van der Waals surface area contributed by atoms with Crippen molar-refractivity contribution >= 4 is 11.4 Å². The fourth-order valence-corrected chi connectivity index (χ4v) is 1.44. The highest BCUT2D eigenvalue weighted by molar-refractivity contribution is 5.69. The molecule has 78 valence electrons. The Bertz CT molecular complexity index is 311. The molecule has 0 aromatic heterocycles. The van der Waals surface area contributed by atoms with Gasteiger partial charge in [0.15, 0.2) is 0 Å². The van der Waals surface area contributed by atoms with Crippen molar-refractivity contribution in [3.05, 3.63) is 23.8 Å². The molecule has 2 N–H and O–H groups in total. The fraction of sp³-hybridized carbons (Fsp3) is 0.500. The van der Waals surface area contributed by atoms with Gasteiger partial charge < -0.3 is 10.6 Å². The Morgan fingerprint density at radius 2 is 1.50 bits per heavy atom. The first kappa shape index (κ1) is 10.9. The summed E-state index contributed by atoms with van der Waals surface area (Å²) >= 11 is 0. The first-order valence-electron chi connectivity index (χ1n) is 4.99. The number of hydrogen-bond donors (Lipinski definition) is 2. The molecule has 1 aromatic rings. The van der Waals surface area contributed by atoms with Crippen molar-refractivity contribution in [1.82, 2.24) is 0 Å². The first-order chi connectivity index (χ1) is 6.49. The van der Waals surface area contributed by atoms with E-state index in [0.29, 0.717) is 0 Å². The molecule has 2 nitrogen and oxygen atoms in total. The van der Waals surface area contributed by atoms with Crippen molar-refractivity contribution in [2.75, 3.05) is 24.7 Å². The van der Waals surface area contributed by atoms with Gasteiger partial charge in [0.25, 0.3) is 0 Å². The zero-order valence-electron chi connectivity index (χ0n) is 9.73. The van der Waals surface area contributed by atoms with Gasteiger partial charge in [-0.3, -0.25) is 0 Å². The van der Waals surface area contributed by atoms with Gasteiger partial charge in [0.2, 0.25) is 0 Å². The molecule has 1 aromatic carbocycles. The van der Waals surface area contributed by atoms with E-state index in [9.17, 15) is 0 Å². The van der Waals surface area contributed by atoms with Crippen molar-refractivity contribution in [3.63, 3.8) is 0 Å². The molecule has 1 rings (SSSR count). The maximum atomic E-state index is 3.20. The average Bonchev–Trinajstić information content (AvgIpc) is 2.15. The Kier molecular flexibility index (Phi) is 3.04. The topological polar surface area (TPSA) is 24.1 Å². The molecule has 0 aliphatic heterocycles. The summed E-state index contributed by atoms with van der Waals surface area (Å²) in [5.41, 5.74) is 3.85. The van der Waals surface area contributed by atoms with Gasteiger partial charge in [-0.25, -0.2) is 0 Å². The lowest BCUT2D eigenvalue weighted by atomic mass is 9.86. The minimum absolute atomic E-state index is 0.206. The van der Waals surface area contributed by atoms with Gasteiger partial charge in [-0.15, -0.1) is 0 Å². The highest BCUT2D eigenvalue weighted by Crippen LogP contribution is 2.29. The summed E-state index contributed by atoms with van der Waals surface area (Å²) < 4.78 is 0. The monoisotopic (exact) mass is 192 g/mol. The number of rotatable bonds is 2. The van der Waals surface area contributed by atoms with Crippen LogP contribution < -0.4 is 10.6 Å². The predicted octanol–water partition coefficient (Wildman–Crippen LogP) is 3.07. The second kappa shape index (κ2) is 3.91. The van der Waals surface area contributed by atoms with Crippen LogP contribution >= 0.6 is 0 Å². The fourth-order valence-electron chi connectivity index (χ4n) is 1.44. The van der Waals surface area contributed by atoms with E-state index < -0.39 is 0 Å². The normalized spacial score (nSPS) is 11.2. The van der Waals surface area contributed by atoms with Gasteiger partial charge in [-0.05, 0) is 23.1 Å². The van der Waals surface area contributed by atoms with Crippen LogP contribution in [0.4, 0.5) is 11.4 Å². The molecule has 0 radical (unpaired) electrons. The number of hydrogen-bond acceptors (Lipinski definition) is 2. The Morgan fingerprint density at radius 3 is 1.93 bits per heavy atom. The third kappa shape index (κ3) is 2.19. The lowest BCUT2D eigenvalue weighted by molar-refractivity contribution is 0.590. The maximum absolute atomic E-state index is 3.20. The van der Waals surface area contributed by atoms with E-state index in [2.05, 4.69) is 49.6 Å². The third-order valence-electron chi connectivity index (χ3n) is 2.42. The van der Waals surface area contributed by atoms with Crippen LogP contribution in [0.2, 0.25) is 0 Å². The molecule has 2 heteroatoms. The average molecular weight is 192 g/mol. The van der Waals surface area contributed by atoms with E-state index in [1.807, 2.05) is 14.1 Å². The standard InChI is InChI=1S/C12H20N2/c1-12(2,3)9-6-7-10(13-4)11(8-9)14-5/h6-8,13-14H,1-5H3. The third-order valence-corrected chi connectivity index (χ3v) is 2.42. The summed E-state index contributed by atoms with van der Waals surface area (Å²) in [6.07, 6.45) is 0. The molecular weight excluding hydrogens is 172 g/mol. The molecule has 0 heterocycles. The van der Waals surface area contributed by atoms with E-state index in [4.69, 9.17) is 0 Å². The van der Waals surface area contributed by atoms with Crippen LogP contribution in [0.3, 0.4) is 0 Å². The summed E-state index contributed by atoms with van der Waals surface area (Å²) in [5, 5.41) is 6.36. The molecule has 0 aliphatic rings. The summed E-state index contributed by atoms with van der Waals surface area (Å²) in [6, 6.07) is 6.49. The lowest BCUT2D eigenvalue weighted by Gasteiger charge is -2.21. The minimum Gasteiger partial charge on any atom is -0.386 e. The van der Waals surface area contributed by atoms with Crippen LogP contribution in [0.15, 0.2) is 18.2 Å². The molecule has 0 aliphatic carbocycles. The molecule has 0 bridgehead atoms. The highest BCUT2D eigenvalue weighted by Gasteiger charge is 2.14. The minimum atomic E-state index is 0.206. The van der Waals surface area contributed by atoms with Gasteiger partial charge in [0, 0.05) is 14.1 Å². The zero-order chi connectivity index (χ0) is 10.8. The summed E-state index contributed by atoms with van der Waals surface area (Å²) in [7, 11) is 3.88. The quantitative estimate of drug-likeness (QED) is 0.752. The Labute approximate surface area is 86.7 Å². The number of benzene rings is 1. The van der Waals surface area contributed by atoms with Crippen LogP contribution in [-0.4, -0.2) is 14.1 Å². The molecule has 14 heavy (non-hydrogen) atoms. The lowest BCUT2D eigenvalue weighted by Crippen LogP contribution is -2.11. The van der Waals surface area contributed by atoms with Gasteiger partial charge in [-0.2, -0.15) is 0 Å². The summed E-state index contributed by atoms with van der Waals surface area (Å²) in [6.45, 7) is 6.67.